The first-order valence-electron chi connectivity index (χ1n) is 5.88. The summed E-state index contributed by atoms with van der Waals surface area (Å²) in [6.45, 7) is 18.9. The molecule has 94 valence electrons. The molecule has 0 spiro atoms. The second kappa shape index (κ2) is 4.16. The lowest BCUT2D eigenvalue weighted by Crippen LogP contribution is -2.58. The molecule has 0 N–H and O–H groups in total. The molecule has 0 radical (unpaired) electrons. The minimum atomic E-state index is -1.76. The fourth-order valence-corrected chi connectivity index (χ4v) is 3.83. The molecule has 0 heterocycles. The van der Waals surface area contributed by atoms with Crippen molar-refractivity contribution < 1.29 is 4.43 Å². The highest BCUT2D eigenvalue weighted by Gasteiger charge is 2.54. The summed E-state index contributed by atoms with van der Waals surface area (Å²) in [4.78, 5) is 0. The van der Waals surface area contributed by atoms with Crippen molar-refractivity contribution in [2.75, 3.05) is 0 Å². The highest BCUT2D eigenvalue weighted by Crippen LogP contribution is 2.47. The lowest BCUT2D eigenvalue weighted by molar-refractivity contribution is -0.0737. The Morgan fingerprint density at radius 3 is 1.25 bits per heavy atom. The number of nitriles is 1. The molecular weight excluding hydrogens is 214 g/mol. The normalized spacial score (nSPS) is 14.8. The topological polar surface area (TPSA) is 33.0 Å². The Morgan fingerprint density at radius 2 is 1.19 bits per heavy atom. The molecule has 3 heteroatoms. The van der Waals surface area contributed by atoms with E-state index in [4.69, 9.17) is 4.43 Å². The van der Waals surface area contributed by atoms with E-state index in [1.807, 2.05) is 0 Å². The Bertz CT molecular complexity index is 269. The van der Waals surface area contributed by atoms with Crippen LogP contribution in [-0.4, -0.2) is 13.9 Å². The van der Waals surface area contributed by atoms with Crippen LogP contribution in [0.1, 0.15) is 41.5 Å². The predicted molar refractivity (Wildman–Crippen MR) is 71.7 cm³/mol. The Balaban J connectivity index is 5.63. The molecule has 0 amide bonds. The highest BCUT2D eigenvalue weighted by atomic mass is 28.4. The third-order valence-corrected chi connectivity index (χ3v) is 3.65. The first-order chi connectivity index (χ1) is 6.77. The molecule has 0 aromatic rings. The standard InChI is InChI=1S/C13H27NOSi/c1-11(2,3)13(10-14,12(4,5)6)15-16(7,8)9/h1-9H3. The van der Waals surface area contributed by atoms with Crippen molar-refractivity contribution in [3.05, 3.63) is 0 Å². The van der Waals surface area contributed by atoms with Crippen LogP contribution >= 0.6 is 0 Å². The molecule has 0 aliphatic rings. The third-order valence-electron chi connectivity index (χ3n) is 2.73. The first-order valence-corrected chi connectivity index (χ1v) is 9.29. The average molecular weight is 241 g/mol. The van der Waals surface area contributed by atoms with E-state index < -0.39 is 13.9 Å². The molecule has 0 atom stereocenters. The molecule has 0 unspecified atom stereocenters. The van der Waals surface area contributed by atoms with E-state index in [0.29, 0.717) is 0 Å². The van der Waals surface area contributed by atoms with E-state index in [9.17, 15) is 5.26 Å². The fraction of sp³-hybridized carbons (Fsp3) is 0.923. The van der Waals surface area contributed by atoms with Crippen molar-refractivity contribution in [3.8, 4) is 6.07 Å². The van der Waals surface area contributed by atoms with Crippen LogP contribution in [0.5, 0.6) is 0 Å². The Hall–Kier alpha value is -0.333. The Morgan fingerprint density at radius 1 is 0.875 bits per heavy atom. The van der Waals surface area contributed by atoms with Crippen LogP contribution in [-0.2, 0) is 4.43 Å². The number of hydrogen-bond donors (Lipinski definition) is 0. The van der Waals surface area contributed by atoms with Crippen LogP contribution in [0.4, 0.5) is 0 Å². The summed E-state index contributed by atoms with van der Waals surface area (Å²) < 4.78 is 6.28. The van der Waals surface area contributed by atoms with Gasteiger partial charge in [0, 0.05) is 10.8 Å². The molecule has 16 heavy (non-hydrogen) atoms. The summed E-state index contributed by atoms with van der Waals surface area (Å²) in [5, 5.41) is 9.66. The van der Waals surface area contributed by atoms with Crippen LogP contribution in [0.2, 0.25) is 19.6 Å². The van der Waals surface area contributed by atoms with Crippen molar-refractivity contribution in [1.82, 2.24) is 0 Å². The maximum absolute atomic E-state index is 9.66. The molecule has 2 nitrogen and oxygen atoms in total. The van der Waals surface area contributed by atoms with Gasteiger partial charge in [0.05, 0.1) is 6.07 Å². The second-order valence-electron chi connectivity index (χ2n) is 7.51. The van der Waals surface area contributed by atoms with Gasteiger partial charge in [-0.3, -0.25) is 0 Å². The van der Waals surface area contributed by atoms with Crippen molar-refractivity contribution in [2.24, 2.45) is 10.8 Å². The molecule has 0 saturated heterocycles. The quantitative estimate of drug-likeness (QED) is 0.679. The van der Waals surface area contributed by atoms with Crippen LogP contribution < -0.4 is 0 Å². The first kappa shape index (κ1) is 15.7. The van der Waals surface area contributed by atoms with Crippen molar-refractivity contribution >= 4 is 8.32 Å². The van der Waals surface area contributed by atoms with Gasteiger partial charge in [-0.15, -0.1) is 0 Å². The average Bonchev–Trinajstić information content (AvgIpc) is 1.93. The van der Waals surface area contributed by atoms with Gasteiger partial charge in [-0.05, 0) is 19.6 Å². The zero-order valence-corrected chi connectivity index (χ0v) is 13.4. The van der Waals surface area contributed by atoms with Crippen molar-refractivity contribution in [3.63, 3.8) is 0 Å². The maximum Gasteiger partial charge on any atom is 0.185 e. The van der Waals surface area contributed by atoms with E-state index in [2.05, 4.69) is 67.3 Å². The molecular formula is C13H27NOSi. The summed E-state index contributed by atoms with van der Waals surface area (Å²) >= 11 is 0. The highest BCUT2D eigenvalue weighted by molar-refractivity contribution is 6.69. The van der Waals surface area contributed by atoms with Gasteiger partial charge < -0.3 is 4.43 Å². The monoisotopic (exact) mass is 241 g/mol. The fourth-order valence-electron chi connectivity index (χ4n) is 2.25. The van der Waals surface area contributed by atoms with Crippen LogP contribution in [0, 0.1) is 22.2 Å². The van der Waals surface area contributed by atoms with Crippen LogP contribution in [0.15, 0.2) is 0 Å². The van der Waals surface area contributed by atoms with E-state index >= 15 is 0 Å². The minimum absolute atomic E-state index is 0.194. The summed E-state index contributed by atoms with van der Waals surface area (Å²) in [5.74, 6) is 0. The minimum Gasteiger partial charge on any atom is -0.399 e. The third kappa shape index (κ3) is 3.08. The number of nitrogens with zero attached hydrogens (tertiary/aromatic N) is 1. The van der Waals surface area contributed by atoms with Gasteiger partial charge in [0.2, 0.25) is 0 Å². The summed E-state index contributed by atoms with van der Waals surface area (Å²) in [5.41, 5.74) is -1.12. The molecule has 0 aromatic heterocycles. The molecule has 0 aromatic carbocycles. The summed E-state index contributed by atoms with van der Waals surface area (Å²) in [7, 11) is -1.76. The predicted octanol–water partition coefficient (Wildman–Crippen LogP) is 4.19. The molecule has 0 fully saturated rings. The van der Waals surface area contributed by atoms with Gasteiger partial charge >= 0.3 is 0 Å². The Labute approximate surface area is 102 Å². The second-order valence-corrected chi connectivity index (χ2v) is 11.9. The lowest BCUT2D eigenvalue weighted by Gasteiger charge is -2.51. The Kier molecular flexibility index (Phi) is 4.07. The van der Waals surface area contributed by atoms with Crippen molar-refractivity contribution in [1.29, 1.82) is 5.26 Å². The molecule has 0 aliphatic heterocycles. The number of rotatable bonds is 2. The SMILES string of the molecule is CC(C)(C)C(C#N)(O[Si](C)(C)C)C(C)(C)C. The van der Waals surface area contributed by atoms with Gasteiger partial charge in [0.25, 0.3) is 0 Å². The van der Waals surface area contributed by atoms with Gasteiger partial charge in [0.15, 0.2) is 13.9 Å². The largest absolute Gasteiger partial charge is 0.399 e. The zero-order valence-electron chi connectivity index (χ0n) is 12.4. The van der Waals surface area contributed by atoms with Crippen LogP contribution in [0.25, 0.3) is 0 Å². The van der Waals surface area contributed by atoms with E-state index in [0.717, 1.165) is 0 Å². The number of hydrogen-bond acceptors (Lipinski definition) is 2. The summed E-state index contributed by atoms with van der Waals surface area (Å²) in [6.07, 6.45) is 0. The van der Waals surface area contributed by atoms with Gasteiger partial charge in [-0.2, -0.15) is 5.26 Å². The summed E-state index contributed by atoms with van der Waals surface area (Å²) in [6, 6.07) is 2.46. The zero-order chi connectivity index (χ0) is 13.4. The van der Waals surface area contributed by atoms with E-state index in [-0.39, 0.29) is 10.8 Å². The maximum atomic E-state index is 9.66. The lowest BCUT2D eigenvalue weighted by atomic mass is 9.63. The molecule has 0 saturated carbocycles. The van der Waals surface area contributed by atoms with Gasteiger partial charge in [0.1, 0.15) is 0 Å². The van der Waals surface area contributed by atoms with Crippen molar-refractivity contribution in [2.45, 2.75) is 66.8 Å². The van der Waals surface area contributed by atoms with Crippen LogP contribution in [0.3, 0.4) is 0 Å². The molecule has 0 rings (SSSR count). The van der Waals surface area contributed by atoms with Gasteiger partial charge in [-0.25, -0.2) is 0 Å². The van der Waals surface area contributed by atoms with E-state index in [1.54, 1.807) is 0 Å². The van der Waals surface area contributed by atoms with E-state index in [1.165, 1.54) is 0 Å². The van der Waals surface area contributed by atoms with Gasteiger partial charge in [-0.1, -0.05) is 41.5 Å². The molecule has 0 bridgehead atoms. The smallest absolute Gasteiger partial charge is 0.185 e. The molecule has 0 aliphatic carbocycles.